The minimum Gasteiger partial charge on any atom is -0.493 e. The minimum atomic E-state index is -0.554. The van der Waals surface area contributed by atoms with Crippen molar-refractivity contribution in [3.8, 4) is 5.75 Å². The summed E-state index contributed by atoms with van der Waals surface area (Å²) in [7, 11) is 0. The van der Waals surface area contributed by atoms with Gasteiger partial charge in [0.1, 0.15) is 11.6 Å². The second kappa shape index (κ2) is 6.18. The standard InChI is InChI=1S/C16H14BrFO2/c1-3-20-14-8-7-10(2)9-12(14)16(19)11-5-4-6-13(17)15(11)18/h4-9H,3H2,1-2H3. The van der Waals surface area contributed by atoms with E-state index in [1.165, 1.54) is 6.07 Å². The molecule has 0 aliphatic rings. The van der Waals surface area contributed by atoms with Crippen molar-refractivity contribution in [2.75, 3.05) is 6.61 Å². The maximum atomic E-state index is 14.0. The first-order valence-corrected chi connectivity index (χ1v) is 7.06. The summed E-state index contributed by atoms with van der Waals surface area (Å²) in [6.45, 7) is 4.17. The smallest absolute Gasteiger partial charge is 0.199 e. The summed E-state index contributed by atoms with van der Waals surface area (Å²) in [4.78, 5) is 12.5. The fourth-order valence-corrected chi connectivity index (χ4v) is 2.29. The van der Waals surface area contributed by atoms with E-state index in [2.05, 4.69) is 15.9 Å². The second-order valence-corrected chi connectivity index (χ2v) is 5.22. The van der Waals surface area contributed by atoms with Crippen LogP contribution in [0, 0.1) is 12.7 Å². The van der Waals surface area contributed by atoms with Crippen LogP contribution in [0.3, 0.4) is 0 Å². The first-order chi connectivity index (χ1) is 9.54. The van der Waals surface area contributed by atoms with Crippen molar-refractivity contribution in [1.82, 2.24) is 0 Å². The molecule has 104 valence electrons. The predicted molar refractivity (Wildman–Crippen MR) is 79.9 cm³/mol. The Morgan fingerprint density at radius 2 is 2.00 bits per heavy atom. The number of ether oxygens (including phenoxy) is 1. The van der Waals surface area contributed by atoms with Crippen LogP contribution >= 0.6 is 15.9 Å². The van der Waals surface area contributed by atoms with E-state index in [1.54, 1.807) is 24.3 Å². The zero-order valence-electron chi connectivity index (χ0n) is 11.2. The summed E-state index contributed by atoms with van der Waals surface area (Å²) >= 11 is 3.09. The number of benzene rings is 2. The monoisotopic (exact) mass is 336 g/mol. The Bertz CT molecular complexity index is 653. The Hall–Kier alpha value is -1.68. The molecule has 0 heterocycles. The zero-order valence-corrected chi connectivity index (χ0v) is 12.8. The number of aryl methyl sites for hydroxylation is 1. The number of hydrogen-bond donors (Lipinski definition) is 0. The fourth-order valence-electron chi connectivity index (χ4n) is 1.93. The molecule has 0 radical (unpaired) electrons. The van der Waals surface area contributed by atoms with Gasteiger partial charge < -0.3 is 4.74 Å². The molecule has 0 amide bonds. The number of hydrogen-bond acceptors (Lipinski definition) is 2. The highest BCUT2D eigenvalue weighted by molar-refractivity contribution is 9.10. The lowest BCUT2D eigenvalue weighted by Gasteiger charge is -2.11. The first kappa shape index (κ1) is 14.7. The Morgan fingerprint density at radius 1 is 1.25 bits per heavy atom. The normalized spacial score (nSPS) is 10.4. The molecule has 0 N–H and O–H groups in total. The van der Waals surface area contributed by atoms with Crippen LogP contribution in [0.15, 0.2) is 40.9 Å². The SMILES string of the molecule is CCOc1ccc(C)cc1C(=O)c1cccc(Br)c1F. The van der Waals surface area contributed by atoms with Gasteiger partial charge in [-0.25, -0.2) is 4.39 Å². The number of ketones is 1. The van der Waals surface area contributed by atoms with E-state index < -0.39 is 5.82 Å². The number of halogens is 2. The van der Waals surface area contributed by atoms with Gasteiger partial charge in [-0.1, -0.05) is 17.7 Å². The van der Waals surface area contributed by atoms with Crippen molar-refractivity contribution >= 4 is 21.7 Å². The molecule has 0 aromatic heterocycles. The third-order valence-electron chi connectivity index (χ3n) is 2.88. The third-order valence-corrected chi connectivity index (χ3v) is 3.49. The number of carbonyl (C=O) groups excluding carboxylic acids is 1. The van der Waals surface area contributed by atoms with Crippen molar-refractivity contribution in [3.05, 3.63) is 63.4 Å². The lowest BCUT2D eigenvalue weighted by molar-refractivity contribution is 0.103. The Morgan fingerprint density at radius 3 is 2.70 bits per heavy atom. The largest absolute Gasteiger partial charge is 0.493 e. The highest BCUT2D eigenvalue weighted by Crippen LogP contribution is 2.26. The van der Waals surface area contributed by atoms with Crippen molar-refractivity contribution < 1.29 is 13.9 Å². The molecule has 0 spiro atoms. The van der Waals surface area contributed by atoms with Crippen molar-refractivity contribution in [2.45, 2.75) is 13.8 Å². The van der Waals surface area contributed by atoms with Crippen LogP contribution in [0.2, 0.25) is 0 Å². The molecule has 4 heteroatoms. The minimum absolute atomic E-state index is 0.0333. The van der Waals surface area contributed by atoms with Crippen LogP contribution in [0.25, 0.3) is 0 Å². The maximum Gasteiger partial charge on any atom is 0.199 e. The van der Waals surface area contributed by atoms with Crippen LogP contribution in [-0.2, 0) is 0 Å². The lowest BCUT2D eigenvalue weighted by atomic mass is 10.00. The molecule has 0 aliphatic heterocycles. The topological polar surface area (TPSA) is 26.3 Å². The second-order valence-electron chi connectivity index (χ2n) is 4.36. The van der Waals surface area contributed by atoms with E-state index in [9.17, 15) is 9.18 Å². The summed E-state index contributed by atoms with van der Waals surface area (Å²) in [6.07, 6.45) is 0. The molecule has 2 rings (SSSR count). The molecule has 0 saturated heterocycles. The van der Waals surface area contributed by atoms with Crippen LogP contribution < -0.4 is 4.74 Å². The zero-order chi connectivity index (χ0) is 14.7. The van der Waals surface area contributed by atoms with E-state index >= 15 is 0 Å². The molecule has 0 aliphatic carbocycles. The molecular formula is C16H14BrFO2. The van der Waals surface area contributed by atoms with Crippen molar-refractivity contribution in [1.29, 1.82) is 0 Å². The molecule has 2 aromatic rings. The third kappa shape index (κ3) is 2.90. The lowest BCUT2D eigenvalue weighted by Crippen LogP contribution is -2.08. The van der Waals surface area contributed by atoms with E-state index in [-0.39, 0.29) is 15.8 Å². The molecule has 0 unspecified atom stereocenters. The van der Waals surface area contributed by atoms with Gasteiger partial charge in [-0.2, -0.15) is 0 Å². The summed E-state index contributed by atoms with van der Waals surface area (Å²) < 4.78 is 19.8. The molecule has 20 heavy (non-hydrogen) atoms. The Balaban J connectivity index is 2.52. The average Bonchev–Trinajstić information content (AvgIpc) is 2.43. The van der Waals surface area contributed by atoms with E-state index in [0.29, 0.717) is 17.9 Å². The summed E-state index contributed by atoms with van der Waals surface area (Å²) in [5.41, 5.74) is 1.34. The highest BCUT2D eigenvalue weighted by Gasteiger charge is 2.19. The number of rotatable bonds is 4. The van der Waals surface area contributed by atoms with Gasteiger partial charge >= 0.3 is 0 Å². The molecular weight excluding hydrogens is 323 g/mol. The number of carbonyl (C=O) groups is 1. The summed E-state index contributed by atoms with van der Waals surface area (Å²) in [6, 6.07) is 9.98. The van der Waals surface area contributed by atoms with Crippen LogP contribution in [0.1, 0.15) is 28.4 Å². The first-order valence-electron chi connectivity index (χ1n) is 6.26. The molecule has 2 nitrogen and oxygen atoms in total. The van der Waals surface area contributed by atoms with E-state index in [1.807, 2.05) is 19.9 Å². The fraction of sp³-hybridized carbons (Fsp3) is 0.188. The summed E-state index contributed by atoms with van der Waals surface area (Å²) in [5, 5.41) is 0. The van der Waals surface area contributed by atoms with Gasteiger partial charge in [0.2, 0.25) is 0 Å². The van der Waals surface area contributed by atoms with Gasteiger partial charge in [0.25, 0.3) is 0 Å². The molecule has 0 bridgehead atoms. The Labute approximate surface area is 125 Å². The van der Waals surface area contributed by atoms with E-state index in [0.717, 1.165) is 5.56 Å². The molecule has 0 atom stereocenters. The van der Waals surface area contributed by atoms with Gasteiger partial charge in [-0.15, -0.1) is 0 Å². The highest BCUT2D eigenvalue weighted by atomic mass is 79.9. The Kier molecular flexibility index (Phi) is 4.55. The van der Waals surface area contributed by atoms with Gasteiger partial charge in [-0.05, 0) is 54.0 Å². The molecule has 0 saturated carbocycles. The van der Waals surface area contributed by atoms with Gasteiger partial charge in [0, 0.05) is 0 Å². The average molecular weight is 337 g/mol. The molecule has 0 fully saturated rings. The van der Waals surface area contributed by atoms with Crippen LogP contribution in [-0.4, -0.2) is 12.4 Å². The predicted octanol–water partition coefficient (Wildman–Crippen LogP) is 4.53. The van der Waals surface area contributed by atoms with E-state index in [4.69, 9.17) is 4.74 Å². The van der Waals surface area contributed by atoms with Crippen molar-refractivity contribution in [3.63, 3.8) is 0 Å². The quantitative estimate of drug-likeness (QED) is 0.767. The van der Waals surface area contributed by atoms with Crippen LogP contribution in [0.4, 0.5) is 4.39 Å². The molecule has 2 aromatic carbocycles. The maximum absolute atomic E-state index is 14.0. The van der Waals surface area contributed by atoms with Gasteiger partial charge in [0.05, 0.1) is 22.2 Å². The van der Waals surface area contributed by atoms with Crippen LogP contribution in [0.5, 0.6) is 5.75 Å². The summed E-state index contributed by atoms with van der Waals surface area (Å²) in [5.74, 6) is -0.458. The van der Waals surface area contributed by atoms with Crippen molar-refractivity contribution in [2.24, 2.45) is 0 Å². The van der Waals surface area contributed by atoms with Gasteiger partial charge in [0.15, 0.2) is 5.78 Å². The van der Waals surface area contributed by atoms with Gasteiger partial charge in [-0.3, -0.25) is 4.79 Å².